The zero-order valence-corrected chi connectivity index (χ0v) is 41.1. The number of halogens is 1. The predicted molar refractivity (Wildman–Crippen MR) is 261 cm³/mol. The Morgan fingerprint density at radius 1 is 1.01 bits per heavy atom. The maximum atomic E-state index is 13.2. The number of carbonyl (C=O) groups excluding carboxylic acids is 4. The number of carboxylic acids is 1. The van der Waals surface area contributed by atoms with Gasteiger partial charge in [-0.15, -0.1) is 0 Å². The van der Waals surface area contributed by atoms with Crippen molar-refractivity contribution in [3.63, 3.8) is 0 Å². The number of nitrogens with one attached hydrogen (secondary N) is 2. The van der Waals surface area contributed by atoms with Gasteiger partial charge in [-0.3, -0.25) is 14.4 Å². The van der Waals surface area contributed by atoms with E-state index in [1.165, 1.54) is 18.2 Å². The molecule has 5 atom stereocenters. The van der Waals surface area contributed by atoms with Crippen molar-refractivity contribution in [3.05, 3.63) is 106 Å². The van der Waals surface area contributed by atoms with Gasteiger partial charge in [0.15, 0.2) is 0 Å². The second-order valence-electron chi connectivity index (χ2n) is 18.0. The minimum atomic E-state index is -1.06. The molecular formula is C52H65ClN4O12. The Kier molecular flexibility index (Phi) is 18.7. The first-order valence-electron chi connectivity index (χ1n) is 23.4. The summed E-state index contributed by atoms with van der Waals surface area (Å²) >= 11 is 6.60. The summed E-state index contributed by atoms with van der Waals surface area (Å²) in [5.41, 5.74) is 7.05. The molecule has 69 heavy (non-hydrogen) atoms. The number of nitrogens with zero attached hydrogens (tertiary/aromatic N) is 2. The van der Waals surface area contributed by atoms with Crippen molar-refractivity contribution < 1.29 is 57.5 Å². The first-order chi connectivity index (χ1) is 33.1. The van der Waals surface area contributed by atoms with Crippen molar-refractivity contribution >= 4 is 47.3 Å². The number of methoxy groups -OCH3 is 1. The van der Waals surface area contributed by atoms with Crippen molar-refractivity contribution in [1.82, 2.24) is 15.5 Å². The van der Waals surface area contributed by atoms with Crippen molar-refractivity contribution in [3.8, 4) is 16.9 Å². The SMILES string of the molecule is CN(CC(=O)O)C(=O)CCOCCOCCNC(=O)OCC1c2ccccc2-c2ccccc21.COc1cc2cc(c1Cl)N(C)C(=O)CCC1(C)OC1[C@H](C)C1CC(C/C=C/C=C(\C)C2)NC(=O)O1. The third-order valence-corrected chi connectivity index (χ3v) is 13.3. The van der Waals surface area contributed by atoms with Gasteiger partial charge in [0.1, 0.15) is 30.0 Å². The van der Waals surface area contributed by atoms with E-state index in [1.807, 2.05) is 49.4 Å². The fourth-order valence-corrected chi connectivity index (χ4v) is 9.32. The molecule has 7 rings (SSSR count). The van der Waals surface area contributed by atoms with E-state index in [0.29, 0.717) is 62.1 Å². The lowest BCUT2D eigenvalue weighted by Crippen LogP contribution is -2.48. The molecule has 4 bridgehead atoms. The largest absolute Gasteiger partial charge is 0.495 e. The Hall–Kier alpha value is -5.94. The predicted octanol–water partition coefficient (Wildman–Crippen LogP) is 7.69. The number of allylic oxidation sites excluding steroid dienone is 3. The average Bonchev–Trinajstić information content (AvgIpc) is 3.91. The van der Waals surface area contributed by atoms with Crippen LogP contribution in [0.2, 0.25) is 5.02 Å². The summed E-state index contributed by atoms with van der Waals surface area (Å²) in [5.74, 6) is -0.807. The van der Waals surface area contributed by atoms with Gasteiger partial charge < -0.3 is 54.0 Å². The molecule has 3 N–H and O–H groups in total. The summed E-state index contributed by atoms with van der Waals surface area (Å²) < 4.78 is 33.4. The highest BCUT2D eigenvalue weighted by atomic mass is 35.5. The number of rotatable bonds is 14. The summed E-state index contributed by atoms with van der Waals surface area (Å²) in [4.78, 5) is 62.4. The molecule has 0 aromatic heterocycles. The second-order valence-corrected chi connectivity index (χ2v) is 18.4. The molecule has 16 nitrogen and oxygen atoms in total. The van der Waals surface area contributed by atoms with Crippen LogP contribution in [-0.4, -0.2) is 131 Å². The molecule has 2 saturated heterocycles. The van der Waals surface area contributed by atoms with Gasteiger partial charge in [0.05, 0.1) is 57.4 Å². The van der Waals surface area contributed by atoms with Crippen LogP contribution in [0.15, 0.2) is 84.5 Å². The number of ether oxygens (including phenoxy) is 6. The number of carbonyl (C=O) groups is 5. The van der Waals surface area contributed by atoms with Crippen LogP contribution in [0.1, 0.15) is 75.5 Å². The molecule has 1 aliphatic carbocycles. The topological polar surface area (TPSA) is 195 Å². The maximum Gasteiger partial charge on any atom is 0.407 e. The third kappa shape index (κ3) is 14.3. The number of epoxide rings is 1. The molecule has 4 aliphatic rings. The van der Waals surface area contributed by atoms with Crippen LogP contribution in [0.5, 0.6) is 5.75 Å². The molecule has 4 unspecified atom stereocenters. The van der Waals surface area contributed by atoms with Crippen LogP contribution >= 0.6 is 11.6 Å². The van der Waals surface area contributed by atoms with Crippen molar-refractivity contribution in [2.45, 2.75) is 89.1 Å². The number of aliphatic carboxylic acids is 1. The van der Waals surface area contributed by atoms with Gasteiger partial charge in [-0.2, -0.15) is 0 Å². The van der Waals surface area contributed by atoms with Gasteiger partial charge in [-0.25, -0.2) is 9.59 Å². The van der Waals surface area contributed by atoms with E-state index in [1.54, 1.807) is 19.1 Å². The van der Waals surface area contributed by atoms with Gasteiger partial charge >= 0.3 is 18.2 Å². The zero-order valence-electron chi connectivity index (χ0n) is 40.3. The lowest BCUT2D eigenvalue weighted by Gasteiger charge is -2.33. The molecule has 0 spiro atoms. The number of anilines is 1. The number of hydrogen-bond donors (Lipinski definition) is 3. The number of amides is 4. The number of alkyl carbamates (subject to hydrolysis) is 2. The fraction of sp³-hybridized carbons (Fsp3) is 0.481. The Labute approximate surface area is 409 Å². The zero-order chi connectivity index (χ0) is 49.7. The highest BCUT2D eigenvalue weighted by Crippen LogP contribution is 2.48. The minimum Gasteiger partial charge on any atom is -0.495 e. The van der Waals surface area contributed by atoms with Crippen LogP contribution in [0.25, 0.3) is 11.1 Å². The van der Waals surface area contributed by atoms with Crippen LogP contribution in [0.4, 0.5) is 15.3 Å². The molecule has 0 radical (unpaired) electrons. The first-order valence-corrected chi connectivity index (χ1v) is 23.8. The van der Waals surface area contributed by atoms with Crippen LogP contribution in [0.3, 0.4) is 0 Å². The van der Waals surface area contributed by atoms with Gasteiger partial charge in [0.2, 0.25) is 11.8 Å². The van der Waals surface area contributed by atoms with E-state index in [2.05, 4.69) is 60.9 Å². The Bertz CT molecular complexity index is 2330. The standard InChI is InChI=1S/C27H35ClN2O5.C25H30N2O7/c1-16-8-6-7-9-19-15-21(34-26(32)29-19)17(2)25-27(3,35-25)11-10-23(31)30(4)20-13-18(12-16)14-22(33-5)24(20)28;1-27(16-24(29)30)23(28)10-12-32-14-15-33-13-11-26-25(31)34-17-22-20-8-4-2-6-18(20)19-7-3-5-9-21(19)22/h6-8,13-14,17,19,21,25H,9-12,15H2,1-5H3,(H,29,32);2-9,22H,10-17H2,1H3,(H,26,31)(H,29,30)/b7-6+,16-8+;/t17-,19?,21?,25?,27?;/m1./s1. The molecule has 4 amide bonds. The van der Waals surface area contributed by atoms with E-state index in [0.717, 1.165) is 40.0 Å². The second kappa shape index (κ2) is 24.6. The van der Waals surface area contributed by atoms with Gasteiger partial charge in [-0.05, 0) is 73.1 Å². The molecule has 3 heterocycles. The smallest absolute Gasteiger partial charge is 0.407 e. The number of carboxylic acid groups (broad SMARTS) is 1. The Morgan fingerprint density at radius 2 is 1.70 bits per heavy atom. The van der Waals surface area contributed by atoms with Crippen molar-refractivity contribution in [2.75, 3.05) is 72.2 Å². The summed E-state index contributed by atoms with van der Waals surface area (Å²) in [6, 6.07) is 20.2. The number of hydrogen-bond acceptors (Lipinski definition) is 11. The molecule has 3 aliphatic heterocycles. The van der Waals surface area contributed by atoms with E-state index < -0.39 is 17.7 Å². The molecule has 17 heteroatoms. The number of fused-ring (bicyclic) bond motifs is 8. The molecule has 2 fully saturated rings. The third-order valence-electron chi connectivity index (χ3n) is 12.9. The highest BCUT2D eigenvalue weighted by molar-refractivity contribution is 6.35. The molecule has 372 valence electrons. The molecule has 3 aromatic rings. The minimum absolute atomic E-state index is 0.0130. The average molecular weight is 974 g/mol. The summed E-state index contributed by atoms with van der Waals surface area (Å²) in [6.07, 6.45) is 8.14. The lowest BCUT2D eigenvalue weighted by molar-refractivity contribution is -0.143. The molecule has 0 saturated carbocycles. The van der Waals surface area contributed by atoms with Crippen molar-refractivity contribution in [2.24, 2.45) is 5.92 Å². The van der Waals surface area contributed by atoms with E-state index >= 15 is 0 Å². The van der Waals surface area contributed by atoms with Crippen LogP contribution < -0.4 is 20.3 Å². The van der Waals surface area contributed by atoms with E-state index in [-0.39, 0.29) is 74.2 Å². The van der Waals surface area contributed by atoms with E-state index in [4.69, 9.17) is 45.1 Å². The monoisotopic (exact) mass is 972 g/mol. The number of benzene rings is 3. The lowest BCUT2D eigenvalue weighted by atomic mass is 9.86. The van der Waals surface area contributed by atoms with Gasteiger partial charge in [-0.1, -0.05) is 90.9 Å². The van der Waals surface area contributed by atoms with E-state index in [9.17, 15) is 24.0 Å². The summed E-state index contributed by atoms with van der Waals surface area (Å²) in [7, 11) is 4.75. The van der Waals surface area contributed by atoms with Gasteiger partial charge in [0, 0.05) is 51.4 Å². The quantitative estimate of drug-likeness (QED) is 0.105. The summed E-state index contributed by atoms with van der Waals surface area (Å²) in [5, 5.41) is 14.7. The number of likely N-dealkylation sites (N-methyl/N-ethyl adjacent to an activating group) is 1. The van der Waals surface area contributed by atoms with Crippen LogP contribution in [-0.2, 0) is 44.5 Å². The normalized spacial score (nSPS) is 23.2. The maximum absolute atomic E-state index is 13.2. The molecular weight excluding hydrogens is 908 g/mol. The van der Waals surface area contributed by atoms with Crippen LogP contribution in [0, 0.1) is 5.92 Å². The van der Waals surface area contributed by atoms with Gasteiger partial charge in [0.25, 0.3) is 0 Å². The molecule has 3 aromatic carbocycles. The Morgan fingerprint density at radius 3 is 2.38 bits per heavy atom. The fourth-order valence-electron chi connectivity index (χ4n) is 9.00. The van der Waals surface area contributed by atoms with Crippen molar-refractivity contribution in [1.29, 1.82) is 0 Å². The summed E-state index contributed by atoms with van der Waals surface area (Å²) in [6.45, 7) is 7.46. The Balaban J connectivity index is 0.000000227. The highest BCUT2D eigenvalue weighted by Gasteiger charge is 2.57. The first kappa shape index (κ1) is 52.4.